The number of allylic oxidation sites excluding steroid dienone is 1. The second kappa shape index (κ2) is 3.68. The second-order valence-electron chi connectivity index (χ2n) is 2.39. The number of rotatable bonds is 2. The Hall–Kier alpha value is -1.62. The molecule has 0 amide bonds. The van der Waals surface area contributed by atoms with Gasteiger partial charge in [0, 0.05) is 0 Å². The Morgan fingerprint density at radius 2 is 2.33 bits per heavy atom. The van der Waals surface area contributed by atoms with Crippen LogP contribution in [0.15, 0.2) is 30.9 Å². The van der Waals surface area contributed by atoms with Gasteiger partial charge in [0.1, 0.15) is 5.82 Å². The van der Waals surface area contributed by atoms with Crippen molar-refractivity contribution in [2.45, 2.75) is 6.42 Å². The Balaban J connectivity index is 3.03. The summed E-state index contributed by atoms with van der Waals surface area (Å²) in [6.45, 7) is 10.2. The second-order valence-corrected chi connectivity index (χ2v) is 2.39. The third-order valence-corrected chi connectivity index (χ3v) is 1.51. The van der Waals surface area contributed by atoms with Crippen molar-refractivity contribution in [3.8, 4) is 0 Å². The first-order chi connectivity index (χ1) is 5.77. The molecule has 60 valence electrons. The monoisotopic (exact) mass is 161 g/mol. The first-order valence-corrected chi connectivity index (χ1v) is 3.54. The number of nitrogens with zero attached hydrogens (tertiary/aromatic N) is 1. The first-order valence-electron chi connectivity index (χ1n) is 3.54. The van der Waals surface area contributed by atoms with Gasteiger partial charge in [-0.15, -0.1) is 6.58 Å². The molecular formula is C10H8FN. The zero-order chi connectivity index (χ0) is 8.97. The van der Waals surface area contributed by atoms with Gasteiger partial charge in [-0.1, -0.05) is 18.2 Å². The van der Waals surface area contributed by atoms with Crippen LogP contribution in [0.25, 0.3) is 4.85 Å². The molecule has 0 heterocycles. The highest BCUT2D eigenvalue weighted by Crippen LogP contribution is 2.18. The van der Waals surface area contributed by atoms with Gasteiger partial charge in [0.2, 0.25) is 5.69 Å². The Morgan fingerprint density at radius 3 is 2.83 bits per heavy atom. The van der Waals surface area contributed by atoms with Crippen LogP contribution in [0.4, 0.5) is 10.1 Å². The summed E-state index contributed by atoms with van der Waals surface area (Å²) in [5, 5.41) is 0. The van der Waals surface area contributed by atoms with Crippen LogP contribution in [-0.4, -0.2) is 0 Å². The molecule has 0 saturated heterocycles. The molecule has 0 N–H and O–H groups in total. The highest BCUT2D eigenvalue weighted by atomic mass is 19.1. The average Bonchev–Trinajstić information content (AvgIpc) is 2.05. The van der Waals surface area contributed by atoms with Gasteiger partial charge < -0.3 is 0 Å². The van der Waals surface area contributed by atoms with Gasteiger partial charge in [-0.3, -0.25) is 0 Å². The van der Waals surface area contributed by atoms with Crippen molar-refractivity contribution >= 4 is 5.69 Å². The predicted octanol–water partition coefficient (Wildman–Crippen LogP) is 3.10. The van der Waals surface area contributed by atoms with E-state index in [1.807, 2.05) is 0 Å². The summed E-state index contributed by atoms with van der Waals surface area (Å²) in [4.78, 5) is 3.02. The van der Waals surface area contributed by atoms with Gasteiger partial charge >= 0.3 is 0 Å². The van der Waals surface area contributed by atoms with Crippen molar-refractivity contribution in [3.63, 3.8) is 0 Å². The molecule has 0 aliphatic heterocycles. The molecule has 0 atom stereocenters. The standard InChI is InChI=1S/C10H8FN/c1-3-4-8-5-6-10(12-2)9(11)7-8/h3,5-7H,1,4H2. The van der Waals surface area contributed by atoms with E-state index in [0.717, 1.165) is 5.56 Å². The van der Waals surface area contributed by atoms with E-state index in [1.54, 1.807) is 12.1 Å². The molecule has 0 unspecified atom stereocenters. The number of halogens is 1. The van der Waals surface area contributed by atoms with Crippen molar-refractivity contribution in [1.29, 1.82) is 0 Å². The normalized spacial score (nSPS) is 9.00. The summed E-state index contributed by atoms with van der Waals surface area (Å²) in [6.07, 6.45) is 2.33. The summed E-state index contributed by atoms with van der Waals surface area (Å²) in [5.74, 6) is -0.454. The molecule has 1 nitrogen and oxygen atoms in total. The van der Waals surface area contributed by atoms with Crippen LogP contribution in [0.1, 0.15) is 5.56 Å². The minimum atomic E-state index is -0.454. The number of benzene rings is 1. The van der Waals surface area contributed by atoms with Crippen molar-refractivity contribution in [3.05, 3.63) is 53.7 Å². The van der Waals surface area contributed by atoms with Crippen molar-refractivity contribution in [2.75, 3.05) is 0 Å². The quantitative estimate of drug-likeness (QED) is 0.463. The van der Waals surface area contributed by atoms with Crippen molar-refractivity contribution < 1.29 is 4.39 Å². The Bertz CT molecular complexity index is 336. The predicted molar refractivity (Wildman–Crippen MR) is 46.6 cm³/mol. The van der Waals surface area contributed by atoms with E-state index in [-0.39, 0.29) is 5.69 Å². The summed E-state index contributed by atoms with van der Waals surface area (Å²) >= 11 is 0. The van der Waals surface area contributed by atoms with Crippen LogP contribution in [0.2, 0.25) is 0 Å². The van der Waals surface area contributed by atoms with Gasteiger partial charge in [0.05, 0.1) is 6.57 Å². The molecule has 0 radical (unpaired) electrons. The van der Waals surface area contributed by atoms with Gasteiger partial charge in [0.15, 0.2) is 0 Å². The molecule has 1 aromatic carbocycles. The van der Waals surface area contributed by atoms with Crippen molar-refractivity contribution in [1.82, 2.24) is 0 Å². The topological polar surface area (TPSA) is 4.36 Å². The maximum Gasteiger partial charge on any atom is 0.222 e. The van der Waals surface area contributed by atoms with Crippen LogP contribution in [-0.2, 0) is 6.42 Å². The lowest BCUT2D eigenvalue weighted by molar-refractivity contribution is 0.632. The number of hydrogen-bond donors (Lipinski definition) is 0. The molecule has 0 spiro atoms. The lowest BCUT2D eigenvalue weighted by Crippen LogP contribution is -1.82. The minimum absolute atomic E-state index is 0.0720. The summed E-state index contributed by atoms with van der Waals surface area (Å²) in [5.41, 5.74) is 0.915. The molecule has 1 rings (SSSR count). The molecule has 2 heteroatoms. The molecule has 0 aromatic heterocycles. The molecule has 0 bridgehead atoms. The van der Waals surface area contributed by atoms with Crippen LogP contribution >= 0.6 is 0 Å². The molecule has 12 heavy (non-hydrogen) atoms. The zero-order valence-electron chi connectivity index (χ0n) is 6.55. The SMILES string of the molecule is [C-]#[N+]c1ccc(CC=C)cc1F. The van der Waals surface area contributed by atoms with E-state index in [4.69, 9.17) is 6.57 Å². The largest absolute Gasteiger partial charge is 0.235 e. The minimum Gasteiger partial charge on any atom is -0.235 e. The highest BCUT2D eigenvalue weighted by Gasteiger charge is 2.00. The van der Waals surface area contributed by atoms with E-state index in [1.165, 1.54) is 12.1 Å². The fraction of sp³-hybridized carbons (Fsp3) is 0.100. The van der Waals surface area contributed by atoms with Gasteiger partial charge in [0.25, 0.3) is 0 Å². The lowest BCUT2D eigenvalue weighted by atomic mass is 10.1. The van der Waals surface area contributed by atoms with E-state index >= 15 is 0 Å². The maximum absolute atomic E-state index is 12.9. The van der Waals surface area contributed by atoms with E-state index in [2.05, 4.69) is 11.4 Å². The van der Waals surface area contributed by atoms with E-state index in [0.29, 0.717) is 6.42 Å². The molecule has 1 aromatic rings. The third kappa shape index (κ3) is 1.70. The van der Waals surface area contributed by atoms with Crippen molar-refractivity contribution in [2.24, 2.45) is 0 Å². The molecular weight excluding hydrogens is 153 g/mol. The van der Waals surface area contributed by atoms with E-state index < -0.39 is 5.82 Å². The fourth-order valence-electron chi connectivity index (χ4n) is 0.935. The Kier molecular flexibility index (Phi) is 2.60. The highest BCUT2D eigenvalue weighted by molar-refractivity contribution is 5.47. The summed E-state index contributed by atoms with van der Waals surface area (Å²) in [7, 11) is 0. The van der Waals surface area contributed by atoms with Gasteiger partial charge in [-0.05, 0) is 18.1 Å². The zero-order valence-corrected chi connectivity index (χ0v) is 6.55. The Morgan fingerprint density at radius 1 is 1.58 bits per heavy atom. The van der Waals surface area contributed by atoms with Crippen LogP contribution in [0.5, 0.6) is 0 Å². The summed E-state index contributed by atoms with van der Waals surface area (Å²) in [6, 6.07) is 4.59. The number of hydrogen-bond acceptors (Lipinski definition) is 0. The smallest absolute Gasteiger partial charge is 0.222 e. The average molecular weight is 161 g/mol. The van der Waals surface area contributed by atoms with Crippen LogP contribution in [0.3, 0.4) is 0 Å². The molecule has 0 aliphatic carbocycles. The third-order valence-electron chi connectivity index (χ3n) is 1.51. The Labute approximate surface area is 71.0 Å². The summed E-state index contributed by atoms with van der Waals surface area (Å²) < 4.78 is 12.9. The van der Waals surface area contributed by atoms with Crippen LogP contribution < -0.4 is 0 Å². The van der Waals surface area contributed by atoms with Gasteiger partial charge in [-0.2, -0.15) is 0 Å². The molecule has 0 fully saturated rings. The van der Waals surface area contributed by atoms with Gasteiger partial charge in [-0.25, -0.2) is 9.24 Å². The lowest BCUT2D eigenvalue weighted by Gasteiger charge is -1.97. The fourth-order valence-corrected chi connectivity index (χ4v) is 0.935. The molecule has 0 saturated carbocycles. The molecule has 0 aliphatic rings. The van der Waals surface area contributed by atoms with Crippen LogP contribution in [0, 0.1) is 12.4 Å². The van der Waals surface area contributed by atoms with E-state index in [9.17, 15) is 4.39 Å². The maximum atomic E-state index is 12.9. The first kappa shape index (κ1) is 8.48.